The zero-order chi connectivity index (χ0) is 20.4. The van der Waals surface area contributed by atoms with Crippen LogP contribution in [0.5, 0.6) is 11.5 Å². The second-order valence-electron chi connectivity index (χ2n) is 5.33. The van der Waals surface area contributed by atoms with E-state index in [-0.39, 0.29) is 0 Å². The van der Waals surface area contributed by atoms with Crippen molar-refractivity contribution in [2.24, 2.45) is 5.16 Å². The lowest BCUT2D eigenvalue weighted by Crippen LogP contribution is -2.22. The number of rotatable bonds is 9. The standard InChI is InChI=1S/C19H19ClN2O6/c1-25-15-6-3-13(4-7-15)10-21-28-12-19(24)27-11-18(23)22-16-9-14(20)5-8-17(16)26-2/h3-10H,11-12H2,1-2H3,(H,22,23)/b21-10+. The summed E-state index contributed by atoms with van der Waals surface area (Å²) in [6, 6.07) is 11.8. The number of methoxy groups -OCH3 is 2. The van der Waals surface area contributed by atoms with Crippen molar-refractivity contribution in [3.63, 3.8) is 0 Å². The van der Waals surface area contributed by atoms with Crippen LogP contribution in [0.4, 0.5) is 5.69 Å². The third-order valence-corrected chi connectivity index (χ3v) is 3.61. The van der Waals surface area contributed by atoms with Gasteiger partial charge in [-0.15, -0.1) is 0 Å². The normalized spacial score (nSPS) is 10.4. The fourth-order valence-electron chi connectivity index (χ4n) is 2.03. The molecule has 0 saturated heterocycles. The molecule has 0 bridgehead atoms. The molecule has 0 aliphatic heterocycles. The van der Waals surface area contributed by atoms with Gasteiger partial charge in [-0.25, -0.2) is 4.79 Å². The van der Waals surface area contributed by atoms with E-state index in [0.29, 0.717) is 16.5 Å². The van der Waals surface area contributed by atoms with Crippen LogP contribution in [0, 0.1) is 0 Å². The van der Waals surface area contributed by atoms with E-state index in [4.69, 9.17) is 30.6 Å². The Bertz CT molecular complexity index is 839. The smallest absolute Gasteiger partial charge is 0.347 e. The molecule has 28 heavy (non-hydrogen) atoms. The molecule has 0 saturated carbocycles. The summed E-state index contributed by atoms with van der Waals surface area (Å²) >= 11 is 5.89. The number of carbonyl (C=O) groups excluding carboxylic acids is 2. The number of carbonyl (C=O) groups is 2. The zero-order valence-electron chi connectivity index (χ0n) is 15.3. The van der Waals surface area contributed by atoms with Gasteiger partial charge < -0.3 is 24.4 Å². The fourth-order valence-corrected chi connectivity index (χ4v) is 2.20. The van der Waals surface area contributed by atoms with Crippen LogP contribution in [0.25, 0.3) is 0 Å². The number of amides is 1. The second-order valence-corrected chi connectivity index (χ2v) is 5.77. The van der Waals surface area contributed by atoms with Crippen molar-refractivity contribution < 1.29 is 28.6 Å². The first-order valence-electron chi connectivity index (χ1n) is 8.10. The largest absolute Gasteiger partial charge is 0.497 e. The van der Waals surface area contributed by atoms with E-state index in [9.17, 15) is 9.59 Å². The van der Waals surface area contributed by atoms with E-state index in [0.717, 1.165) is 11.3 Å². The highest BCUT2D eigenvalue weighted by molar-refractivity contribution is 6.31. The van der Waals surface area contributed by atoms with Crippen molar-refractivity contribution in [1.82, 2.24) is 0 Å². The molecule has 2 aromatic rings. The summed E-state index contributed by atoms with van der Waals surface area (Å²) in [5, 5.41) is 6.64. The topological polar surface area (TPSA) is 95.5 Å². The van der Waals surface area contributed by atoms with Gasteiger partial charge in [0.25, 0.3) is 5.91 Å². The Morgan fingerprint density at radius 1 is 1.07 bits per heavy atom. The van der Waals surface area contributed by atoms with Gasteiger partial charge in [0.15, 0.2) is 6.61 Å². The maximum Gasteiger partial charge on any atom is 0.347 e. The van der Waals surface area contributed by atoms with Crippen LogP contribution >= 0.6 is 11.6 Å². The lowest BCUT2D eigenvalue weighted by Gasteiger charge is -2.10. The van der Waals surface area contributed by atoms with E-state index in [2.05, 4.69) is 10.5 Å². The van der Waals surface area contributed by atoms with E-state index >= 15 is 0 Å². The molecule has 9 heteroatoms. The first kappa shape index (κ1) is 21.0. The monoisotopic (exact) mass is 406 g/mol. The summed E-state index contributed by atoms with van der Waals surface area (Å²) in [5.74, 6) is -0.133. The zero-order valence-corrected chi connectivity index (χ0v) is 16.1. The van der Waals surface area contributed by atoms with Crippen molar-refractivity contribution in [3.8, 4) is 11.5 Å². The van der Waals surface area contributed by atoms with Crippen LogP contribution in [-0.2, 0) is 19.2 Å². The van der Waals surface area contributed by atoms with Gasteiger partial charge in [-0.3, -0.25) is 4.79 Å². The lowest BCUT2D eigenvalue weighted by atomic mass is 10.2. The highest BCUT2D eigenvalue weighted by atomic mass is 35.5. The molecule has 0 aromatic heterocycles. The van der Waals surface area contributed by atoms with Gasteiger partial charge in [-0.1, -0.05) is 16.8 Å². The maximum absolute atomic E-state index is 11.9. The minimum Gasteiger partial charge on any atom is -0.497 e. The number of nitrogens with one attached hydrogen (secondary N) is 1. The first-order chi connectivity index (χ1) is 13.5. The number of anilines is 1. The van der Waals surface area contributed by atoms with E-state index in [1.807, 2.05) is 0 Å². The number of benzene rings is 2. The molecular formula is C19H19ClN2O6. The average Bonchev–Trinajstić information content (AvgIpc) is 2.70. The third-order valence-electron chi connectivity index (χ3n) is 3.37. The molecule has 0 radical (unpaired) electrons. The Morgan fingerprint density at radius 2 is 1.82 bits per heavy atom. The summed E-state index contributed by atoms with van der Waals surface area (Å²) in [6.45, 7) is -0.916. The molecule has 0 fully saturated rings. The van der Waals surface area contributed by atoms with Crippen LogP contribution in [0.3, 0.4) is 0 Å². The maximum atomic E-state index is 11.9. The van der Waals surface area contributed by atoms with Gasteiger partial charge in [0.2, 0.25) is 6.61 Å². The van der Waals surface area contributed by atoms with Gasteiger partial charge in [0.1, 0.15) is 11.5 Å². The fraction of sp³-hybridized carbons (Fsp3) is 0.211. The van der Waals surface area contributed by atoms with Crippen molar-refractivity contribution in [1.29, 1.82) is 0 Å². The summed E-state index contributed by atoms with van der Waals surface area (Å²) in [7, 11) is 3.03. The Balaban J connectivity index is 1.72. The van der Waals surface area contributed by atoms with Gasteiger partial charge in [0.05, 0.1) is 26.1 Å². The second kappa shape index (κ2) is 10.8. The first-order valence-corrected chi connectivity index (χ1v) is 8.48. The average molecular weight is 407 g/mol. The van der Waals surface area contributed by atoms with Crippen LogP contribution in [-0.4, -0.2) is 45.5 Å². The SMILES string of the molecule is COc1ccc(/C=N/OCC(=O)OCC(=O)Nc2cc(Cl)ccc2OC)cc1. The molecular weight excluding hydrogens is 388 g/mol. The van der Waals surface area contributed by atoms with Crippen molar-refractivity contribution in [2.45, 2.75) is 0 Å². The van der Waals surface area contributed by atoms with Crippen molar-refractivity contribution in [3.05, 3.63) is 53.1 Å². The van der Waals surface area contributed by atoms with Crippen LogP contribution < -0.4 is 14.8 Å². The molecule has 8 nitrogen and oxygen atoms in total. The molecule has 0 spiro atoms. The van der Waals surface area contributed by atoms with Gasteiger partial charge in [0, 0.05) is 5.02 Å². The predicted octanol–water partition coefficient (Wildman–Crippen LogP) is 2.89. The minimum atomic E-state index is -0.736. The Kier molecular flexibility index (Phi) is 8.11. The highest BCUT2D eigenvalue weighted by Crippen LogP contribution is 2.27. The predicted molar refractivity (Wildman–Crippen MR) is 104 cm³/mol. The van der Waals surface area contributed by atoms with E-state index < -0.39 is 25.1 Å². The molecule has 1 amide bonds. The Morgan fingerprint density at radius 3 is 2.50 bits per heavy atom. The summed E-state index contributed by atoms with van der Waals surface area (Å²) in [6.07, 6.45) is 1.44. The number of oxime groups is 1. The molecule has 2 aromatic carbocycles. The summed E-state index contributed by atoms with van der Waals surface area (Å²) in [5.41, 5.74) is 1.14. The number of ether oxygens (including phenoxy) is 3. The molecule has 0 aliphatic carbocycles. The molecule has 0 unspecified atom stereocenters. The van der Waals surface area contributed by atoms with Gasteiger partial charge in [-0.05, 0) is 48.0 Å². The van der Waals surface area contributed by atoms with Crippen LogP contribution in [0.1, 0.15) is 5.56 Å². The minimum absolute atomic E-state index is 0.372. The molecule has 0 heterocycles. The molecule has 1 N–H and O–H groups in total. The molecule has 0 aliphatic rings. The molecule has 2 rings (SSSR count). The van der Waals surface area contributed by atoms with Crippen LogP contribution in [0.2, 0.25) is 5.02 Å². The number of hydrogen-bond donors (Lipinski definition) is 1. The van der Waals surface area contributed by atoms with E-state index in [1.165, 1.54) is 19.4 Å². The Labute approximate surface area is 167 Å². The number of esters is 1. The van der Waals surface area contributed by atoms with Gasteiger partial charge >= 0.3 is 5.97 Å². The van der Waals surface area contributed by atoms with Gasteiger partial charge in [-0.2, -0.15) is 0 Å². The third kappa shape index (κ3) is 6.81. The lowest BCUT2D eigenvalue weighted by molar-refractivity contribution is -0.151. The number of halogens is 1. The molecule has 148 valence electrons. The molecule has 0 atom stereocenters. The number of hydrogen-bond acceptors (Lipinski definition) is 7. The van der Waals surface area contributed by atoms with Crippen molar-refractivity contribution >= 4 is 35.4 Å². The van der Waals surface area contributed by atoms with Crippen molar-refractivity contribution in [2.75, 3.05) is 32.8 Å². The number of nitrogens with zero attached hydrogens (tertiary/aromatic N) is 1. The quantitative estimate of drug-likeness (QED) is 0.391. The van der Waals surface area contributed by atoms with Crippen LogP contribution in [0.15, 0.2) is 47.6 Å². The Hall–Kier alpha value is -3.26. The van der Waals surface area contributed by atoms with E-state index in [1.54, 1.807) is 43.5 Å². The highest BCUT2D eigenvalue weighted by Gasteiger charge is 2.11. The summed E-state index contributed by atoms with van der Waals surface area (Å²) < 4.78 is 15.0. The summed E-state index contributed by atoms with van der Waals surface area (Å²) in [4.78, 5) is 28.4.